The first-order valence-corrected chi connectivity index (χ1v) is 11.0. The van der Waals surface area contributed by atoms with Crippen molar-refractivity contribution in [3.63, 3.8) is 0 Å². The molecular weight excluding hydrogens is 471 g/mol. The van der Waals surface area contributed by atoms with Crippen LogP contribution < -0.4 is 10.6 Å². The lowest BCUT2D eigenvalue weighted by atomic mass is 10.1. The van der Waals surface area contributed by atoms with Gasteiger partial charge in [-0.05, 0) is 24.3 Å². The van der Waals surface area contributed by atoms with Crippen LogP contribution in [0.25, 0.3) is 11.2 Å². The number of carbonyl (C=O) groups excluding carboxylic acids is 2. The molecule has 4 atom stereocenters. The summed E-state index contributed by atoms with van der Waals surface area (Å²) in [5, 5.41) is 24.7. The molecule has 2 aromatic carbocycles. The van der Waals surface area contributed by atoms with E-state index in [4.69, 9.17) is 4.74 Å². The number of amides is 2. The van der Waals surface area contributed by atoms with E-state index in [2.05, 4.69) is 25.6 Å². The highest BCUT2D eigenvalue weighted by molar-refractivity contribution is 6.08. The van der Waals surface area contributed by atoms with Gasteiger partial charge >= 0.3 is 0 Å². The smallest absolute Gasteiger partial charge is 0.258 e. The number of nitrogens with zero attached hydrogens (tertiary/aromatic N) is 4. The number of nitrogens with one attached hydrogen (secondary N) is 2. The van der Waals surface area contributed by atoms with Crippen molar-refractivity contribution in [1.82, 2.24) is 19.5 Å². The Bertz CT molecular complexity index is 1400. The Hall–Kier alpha value is -4.26. The van der Waals surface area contributed by atoms with E-state index in [9.17, 15) is 24.2 Å². The first-order chi connectivity index (χ1) is 17.5. The van der Waals surface area contributed by atoms with Gasteiger partial charge in [0.1, 0.15) is 12.2 Å². The largest absolute Gasteiger partial charge is 0.394 e. The number of benzene rings is 2. The number of imidazole rings is 1. The number of aliphatic hydroxyl groups is 2. The van der Waals surface area contributed by atoms with Crippen molar-refractivity contribution >= 4 is 34.7 Å². The standard InChI is InChI=1S/C24H21FN6O5/c25-16-18(33)15(11-32)36-23(16)31-12-26-17-19(27-21(34)13-7-3-1-4-8-13)28-24(29-20(17)31)30-22(35)14-9-5-2-6-10-14/h1-10,12,15-16,18,23,32-33H,11H2,(H2,27,28,29,30,34,35)/t15-,16+,18-,23-/m1/s1. The molecule has 1 aliphatic rings. The fourth-order valence-electron chi connectivity index (χ4n) is 3.86. The van der Waals surface area contributed by atoms with Gasteiger partial charge in [0, 0.05) is 11.1 Å². The molecule has 4 aromatic rings. The van der Waals surface area contributed by atoms with Crippen molar-refractivity contribution in [3.8, 4) is 0 Å². The summed E-state index contributed by atoms with van der Waals surface area (Å²) in [6.07, 6.45) is -4.72. The minimum Gasteiger partial charge on any atom is -0.394 e. The second-order valence-electron chi connectivity index (χ2n) is 8.04. The summed E-state index contributed by atoms with van der Waals surface area (Å²) in [6.45, 7) is -0.587. The van der Waals surface area contributed by atoms with Crippen LogP contribution in [0.2, 0.25) is 0 Å². The van der Waals surface area contributed by atoms with Crippen LogP contribution in [0.5, 0.6) is 0 Å². The maximum Gasteiger partial charge on any atom is 0.258 e. The van der Waals surface area contributed by atoms with E-state index in [1.807, 2.05) is 0 Å². The number of ether oxygens (including phenoxy) is 1. The number of anilines is 2. The molecule has 0 spiro atoms. The first-order valence-electron chi connectivity index (χ1n) is 11.0. The van der Waals surface area contributed by atoms with E-state index in [0.717, 1.165) is 0 Å². The predicted molar refractivity (Wildman–Crippen MR) is 126 cm³/mol. The number of aliphatic hydroxyl groups excluding tert-OH is 2. The Morgan fingerprint density at radius 2 is 1.58 bits per heavy atom. The summed E-state index contributed by atoms with van der Waals surface area (Å²) < 4.78 is 21.6. The first kappa shape index (κ1) is 23.5. The number of halogens is 1. The Labute approximate surface area is 203 Å². The summed E-state index contributed by atoms with van der Waals surface area (Å²) >= 11 is 0. The Balaban J connectivity index is 1.55. The average molecular weight is 492 g/mol. The van der Waals surface area contributed by atoms with Gasteiger partial charge in [0.2, 0.25) is 5.95 Å². The summed E-state index contributed by atoms with van der Waals surface area (Å²) in [5.41, 5.74) is 0.849. The summed E-state index contributed by atoms with van der Waals surface area (Å²) in [7, 11) is 0. The predicted octanol–water partition coefficient (Wildman–Crippen LogP) is 1.92. The van der Waals surface area contributed by atoms with Crippen molar-refractivity contribution in [3.05, 3.63) is 78.1 Å². The van der Waals surface area contributed by atoms with Crippen LogP contribution in [-0.2, 0) is 4.74 Å². The lowest BCUT2D eigenvalue weighted by molar-refractivity contribution is -0.0459. The van der Waals surface area contributed by atoms with Crippen molar-refractivity contribution in [2.75, 3.05) is 17.2 Å². The maximum atomic E-state index is 14.9. The Morgan fingerprint density at radius 1 is 0.972 bits per heavy atom. The van der Waals surface area contributed by atoms with Crippen molar-refractivity contribution in [2.24, 2.45) is 0 Å². The number of alkyl halides is 1. The number of rotatable bonds is 6. The zero-order valence-corrected chi connectivity index (χ0v) is 18.7. The van der Waals surface area contributed by atoms with Gasteiger partial charge in [-0.15, -0.1) is 0 Å². The third-order valence-electron chi connectivity index (χ3n) is 5.70. The van der Waals surface area contributed by atoms with Crippen molar-refractivity contribution in [2.45, 2.75) is 24.6 Å². The van der Waals surface area contributed by atoms with Crippen LogP contribution in [0, 0.1) is 0 Å². The molecule has 0 saturated carbocycles. The van der Waals surface area contributed by atoms with Gasteiger partial charge in [-0.3, -0.25) is 19.5 Å². The lowest BCUT2D eigenvalue weighted by Gasteiger charge is -2.16. The molecule has 36 heavy (non-hydrogen) atoms. The van der Waals surface area contributed by atoms with E-state index < -0.39 is 43.0 Å². The van der Waals surface area contributed by atoms with Gasteiger partial charge in [0.25, 0.3) is 11.8 Å². The number of aromatic nitrogens is 4. The molecule has 2 aromatic heterocycles. The van der Waals surface area contributed by atoms with Crippen LogP contribution in [0.1, 0.15) is 26.9 Å². The van der Waals surface area contributed by atoms with E-state index in [0.29, 0.717) is 11.1 Å². The molecule has 11 nitrogen and oxygen atoms in total. The Kier molecular flexibility index (Phi) is 6.38. The van der Waals surface area contributed by atoms with E-state index >= 15 is 0 Å². The minimum absolute atomic E-state index is 0.0244. The molecule has 184 valence electrons. The summed E-state index contributed by atoms with van der Waals surface area (Å²) in [4.78, 5) is 38.3. The van der Waals surface area contributed by atoms with E-state index in [-0.39, 0.29) is 22.9 Å². The van der Waals surface area contributed by atoms with Crippen molar-refractivity contribution in [1.29, 1.82) is 0 Å². The molecule has 0 aliphatic carbocycles. The molecule has 0 radical (unpaired) electrons. The van der Waals surface area contributed by atoms with Crippen LogP contribution in [0.4, 0.5) is 16.2 Å². The third-order valence-corrected chi connectivity index (χ3v) is 5.70. The monoisotopic (exact) mass is 492 g/mol. The van der Waals surface area contributed by atoms with Crippen LogP contribution in [-0.4, -0.2) is 66.5 Å². The van der Waals surface area contributed by atoms with Gasteiger partial charge in [0.15, 0.2) is 29.4 Å². The average Bonchev–Trinajstić information content (AvgIpc) is 3.45. The number of hydrogen-bond donors (Lipinski definition) is 4. The Morgan fingerprint density at radius 3 is 2.17 bits per heavy atom. The van der Waals surface area contributed by atoms with Gasteiger partial charge < -0.3 is 20.3 Å². The molecule has 5 rings (SSSR count). The molecule has 1 fully saturated rings. The third kappa shape index (κ3) is 4.40. The van der Waals surface area contributed by atoms with Gasteiger partial charge in [-0.1, -0.05) is 36.4 Å². The topological polar surface area (TPSA) is 151 Å². The fourth-order valence-corrected chi connectivity index (χ4v) is 3.86. The maximum absolute atomic E-state index is 14.9. The second-order valence-corrected chi connectivity index (χ2v) is 8.04. The second kappa shape index (κ2) is 9.77. The van der Waals surface area contributed by atoms with Crippen LogP contribution in [0.15, 0.2) is 67.0 Å². The minimum atomic E-state index is -1.89. The highest BCUT2D eigenvalue weighted by Gasteiger charge is 2.45. The highest BCUT2D eigenvalue weighted by Crippen LogP contribution is 2.34. The van der Waals surface area contributed by atoms with E-state index in [1.54, 1.807) is 60.7 Å². The van der Waals surface area contributed by atoms with Crippen LogP contribution >= 0.6 is 0 Å². The summed E-state index contributed by atoms with van der Waals surface area (Å²) in [6, 6.07) is 16.8. The molecule has 1 aliphatic heterocycles. The lowest BCUT2D eigenvalue weighted by Crippen LogP contribution is -2.30. The molecule has 12 heteroatoms. The molecule has 0 unspecified atom stereocenters. The molecule has 3 heterocycles. The molecule has 2 amide bonds. The van der Waals surface area contributed by atoms with E-state index in [1.165, 1.54) is 10.9 Å². The SMILES string of the molecule is O=C(Nc1nc(NC(=O)c2ccccc2)c2ncn([C@@H]3O[C@H](CO)[C@@H](O)[C@@H]3F)c2n1)c1ccccc1. The summed E-state index contributed by atoms with van der Waals surface area (Å²) in [5.74, 6) is -1.18. The quantitative estimate of drug-likeness (QED) is 0.319. The number of hydrogen-bond acceptors (Lipinski definition) is 8. The van der Waals surface area contributed by atoms with Crippen LogP contribution in [0.3, 0.4) is 0 Å². The number of fused-ring (bicyclic) bond motifs is 1. The normalized spacial score (nSPS) is 21.4. The fraction of sp³-hybridized carbons (Fsp3) is 0.208. The zero-order valence-electron chi connectivity index (χ0n) is 18.7. The molecule has 0 bridgehead atoms. The molecule has 4 N–H and O–H groups in total. The number of carbonyl (C=O) groups is 2. The highest BCUT2D eigenvalue weighted by atomic mass is 19.1. The molecule has 1 saturated heterocycles. The van der Waals surface area contributed by atoms with Gasteiger partial charge in [-0.2, -0.15) is 9.97 Å². The zero-order chi connectivity index (χ0) is 25.2. The van der Waals surface area contributed by atoms with Gasteiger partial charge in [0.05, 0.1) is 12.9 Å². The molecular formula is C24H21FN6O5. The van der Waals surface area contributed by atoms with Crippen molar-refractivity contribution < 1.29 is 28.9 Å². The van der Waals surface area contributed by atoms with Gasteiger partial charge in [-0.25, -0.2) is 9.37 Å².